The van der Waals surface area contributed by atoms with Crippen LogP contribution in [0.25, 0.3) is 0 Å². The number of nitrogens with one attached hydrogen (secondary N) is 2. The van der Waals surface area contributed by atoms with Crippen molar-refractivity contribution in [3.63, 3.8) is 0 Å². The second-order valence-corrected chi connectivity index (χ2v) is 11.4. The average molecular weight is 514 g/mol. The van der Waals surface area contributed by atoms with E-state index in [1.807, 2.05) is 36.4 Å². The first-order valence-corrected chi connectivity index (χ1v) is 14.4. The van der Waals surface area contributed by atoms with Gasteiger partial charge >= 0.3 is 0 Å². The van der Waals surface area contributed by atoms with E-state index in [0.29, 0.717) is 18.0 Å². The molecular weight excluding hydrogens is 470 g/mol. The van der Waals surface area contributed by atoms with Gasteiger partial charge in [0.05, 0.1) is 5.69 Å². The topological polar surface area (TPSA) is 73.3 Å². The molecule has 38 heavy (non-hydrogen) atoms. The zero-order valence-electron chi connectivity index (χ0n) is 23.2. The highest BCUT2D eigenvalue weighted by Gasteiger charge is 2.24. The Bertz CT molecular complexity index is 1190. The second kappa shape index (κ2) is 12.3. The summed E-state index contributed by atoms with van der Waals surface area (Å²) in [6, 6.07) is 19.3. The maximum atomic E-state index is 10.8. The summed E-state index contributed by atoms with van der Waals surface area (Å²) in [5.41, 5.74) is 5.73. The number of aliphatic hydroxyl groups is 1. The van der Waals surface area contributed by atoms with E-state index in [9.17, 15) is 5.11 Å². The van der Waals surface area contributed by atoms with Gasteiger partial charge in [-0.1, -0.05) is 61.5 Å². The molecule has 2 aliphatic carbocycles. The third kappa shape index (κ3) is 6.36. The molecule has 202 valence electrons. The summed E-state index contributed by atoms with van der Waals surface area (Å²) < 4.78 is 0. The second-order valence-electron chi connectivity index (χ2n) is 11.4. The summed E-state index contributed by atoms with van der Waals surface area (Å²) in [6.07, 6.45) is 8.60. The number of aromatic nitrogens is 2. The van der Waals surface area contributed by atoms with Crippen molar-refractivity contribution < 1.29 is 5.11 Å². The van der Waals surface area contributed by atoms with E-state index >= 15 is 0 Å². The molecule has 2 atom stereocenters. The molecule has 0 amide bonds. The molecule has 6 heteroatoms. The van der Waals surface area contributed by atoms with Gasteiger partial charge in [0.25, 0.3) is 0 Å². The number of aryl methyl sites for hydroxylation is 1. The molecule has 1 unspecified atom stereocenters. The first-order valence-electron chi connectivity index (χ1n) is 14.4. The molecule has 5 rings (SSSR count). The van der Waals surface area contributed by atoms with E-state index in [-0.39, 0.29) is 0 Å². The Morgan fingerprint density at radius 3 is 2.32 bits per heavy atom. The fraction of sp³-hybridized carbons (Fsp3) is 0.500. The van der Waals surface area contributed by atoms with Crippen LogP contribution in [-0.2, 0) is 12.8 Å². The molecule has 2 aromatic carbocycles. The van der Waals surface area contributed by atoms with Crippen LogP contribution >= 0.6 is 0 Å². The van der Waals surface area contributed by atoms with E-state index < -0.39 is 6.10 Å². The number of hydrogen-bond donors (Lipinski definition) is 3. The van der Waals surface area contributed by atoms with Gasteiger partial charge < -0.3 is 20.6 Å². The summed E-state index contributed by atoms with van der Waals surface area (Å²) in [7, 11) is 4.17. The molecule has 3 N–H and O–H groups in total. The van der Waals surface area contributed by atoms with E-state index in [0.717, 1.165) is 68.0 Å². The van der Waals surface area contributed by atoms with Crippen LogP contribution in [0, 0.1) is 0 Å². The molecule has 1 saturated carbocycles. The zero-order chi connectivity index (χ0) is 26.5. The van der Waals surface area contributed by atoms with Gasteiger partial charge in [-0.2, -0.15) is 4.98 Å². The zero-order valence-corrected chi connectivity index (χ0v) is 23.2. The van der Waals surface area contributed by atoms with E-state index in [1.165, 1.54) is 29.7 Å². The monoisotopic (exact) mass is 513 g/mol. The highest BCUT2D eigenvalue weighted by Crippen LogP contribution is 2.30. The Morgan fingerprint density at radius 1 is 0.868 bits per heavy atom. The van der Waals surface area contributed by atoms with E-state index in [1.54, 1.807) is 0 Å². The molecule has 0 bridgehead atoms. The van der Waals surface area contributed by atoms with Crippen LogP contribution in [0.5, 0.6) is 0 Å². The summed E-state index contributed by atoms with van der Waals surface area (Å²) in [4.78, 5) is 12.0. The highest BCUT2D eigenvalue weighted by atomic mass is 16.3. The maximum Gasteiger partial charge on any atom is 0.225 e. The van der Waals surface area contributed by atoms with Crippen LogP contribution in [-0.4, -0.2) is 47.8 Å². The normalized spacial score (nSPS) is 20.8. The molecule has 0 radical (unpaired) electrons. The maximum absolute atomic E-state index is 10.8. The summed E-state index contributed by atoms with van der Waals surface area (Å²) in [5.74, 6) is 2.26. The van der Waals surface area contributed by atoms with Crippen LogP contribution in [0.2, 0.25) is 0 Å². The van der Waals surface area contributed by atoms with Crippen LogP contribution in [0.1, 0.15) is 85.4 Å². The lowest BCUT2D eigenvalue weighted by Gasteiger charge is -2.31. The van der Waals surface area contributed by atoms with Crippen LogP contribution in [0.15, 0.2) is 54.6 Å². The lowest BCUT2D eigenvalue weighted by Crippen LogP contribution is -2.38. The predicted octanol–water partition coefficient (Wildman–Crippen LogP) is 5.62. The summed E-state index contributed by atoms with van der Waals surface area (Å²) >= 11 is 0. The molecule has 1 aromatic heterocycles. The first kappa shape index (κ1) is 26.6. The van der Waals surface area contributed by atoms with Gasteiger partial charge in [0.1, 0.15) is 11.9 Å². The minimum atomic E-state index is -0.591. The lowest BCUT2D eigenvalue weighted by atomic mass is 9.90. The van der Waals surface area contributed by atoms with Gasteiger partial charge in [0.15, 0.2) is 0 Å². The van der Waals surface area contributed by atoms with Gasteiger partial charge in [0.2, 0.25) is 5.95 Å². The molecule has 6 nitrogen and oxygen atoms in total. The van der Waals surface area contributed by atoms with Crippen molar-refractivity contribution in [3.05, 3.63) is 82.5 Å². The fourth-order valence-electron chi connectivity index (χ4n) is 5.96. The lowest BCUT2D eigenvalue weighted by molar-refractivity contribution is 0.220. The quantitative estimate of drug-likeness (QED) is 0.345. The number of benzene rings is 2. The Labute approximate surface area is 227 Å². The molecule has 1 heterocycles. The van der Waals surface area contributed by atoms with Crippen molar-refractivity contribution in [1.29, 1.82) is 0 Å². The minimum absolute atomic E-state index is 0.377. The first-order chi connectivity index (χ1) is 18.5. The minimum Gasteiger partial charge on any atom is -0.384 e. The molecular formula is C32H43N5O. The number of fused-ring (bicyclic) bond motifs is 1. The number of rotatable bonds is 9. The van der Waals surface area contributed by atoms with Crippen molar-refractivity contribution >= 4 is 11.8 Å². The van der Waals surface area contributed by atoms with Crippen LogP contribution in [0.3, 0.4) is 0 Å². The van der Waals surface area contributed by atoms with Gasteiger partial charge in [-0.3, -0.25) is 0 Å². The highest BCUT2D eigenvalue weighted by molar-refractivity contribution is 5.53. The van der Waals surface area contributed by atoms with Gasteiger partial charge in [-0.15, -0.1) is 0 Å². The number of hydrogen-bond acceptors (Lipinski definition) is 6. The van der Waals surface area contributed by atoms with Crippen molar-refractivity contribution in [2.75, 3.05) is 30.9 Å². The molecule has 0 spiro atoms. The molecule has 1 fully saturated rings. The van der Waals surface area contributed by atoms with E-state index in [2.05, 4.69) is 54.8 Å². The number of anilines is 2. The van der Waals surface area contributed by atoms with Crippen LogP contribution < -0.4 is 15.5 Å². The molecule has 0 aliphatic heterocycles. The SMILES string of the molecule is C[C@H](CNC1CCC(Nc2nc3c(c(N(C)C)n2)CCCC3)CC1)c1cccc(C(O)c2ccccc2)c1. The van der Waals surface area contributed by atoms with Crippen molar-refractivity contribution in [2.24, 2.45) is 0 Å². The summed E-state index contributed by atoms with van der Waals surface area (Å²) in [6.45, 7) is 3.21. The molecule has 3 aromatic rings. The standard InChI is InChI=1S/C32H43N5O/c1-22(24-12-9-13-25(20-24)30(38)23-10-5-4-6-11-23)21-33-26-16-18-27(19-17-26)34-32-35-29-15-8-7-14-28(29)31(36-32)37(2)3/h4-6,9-13,20,22,26-27,30,33,38H,7-8,14-19,21H2,1-3H3,(H,34,35,36)/t22-,26?,27?,30?/m1/s1. The molecule has 2 aliphatic rings. The van der Waals surface area contributed by atoms with Gasteiger partial charge in [0, 0.05) is 38.3 Å². The Balaban J connectivity index is 1.12. The number of nitrogens with zero attached hydrogens (tertiary/aromatic N) is 3. The van der Waals surface area contributed by atoms with Gasteiger partial charge in [-0.05, 0) is 74.0 Å². The third-order valence-electron chi connectivity index (χ3n) is 8.27. The summed E-state index contributed by atoms with van der Waals surface area (Å²) in [5, 5.41) is 18.3. The van der Waals surface area contributed by atoms with Crippen molar-refractivity contribution in [3.8, 4) is 0 Å². The largest absolute Gasteiger partial charge is 0.384 e. The Kier molecular flexibility index (Phi) is 8.60. The third-order valence-corrected chi connectivity index (χ3v) is 8.27. The Hall–Kier alpha value is -2.96. The average Bonchev–Trinajstić information content (AvgIpc) is 2.96. The van der Waals surface area contributed by atoms with E-state index in [4.69, 9.17) is 9.97 Å². The number of aliphatic hydroxyl groups excluding tert-OH is 1. The fourth-order valence-corrected chi connectivity index (χ4v) is 5.96. The predicted molar refractivity (Wildman–Crippen MR) is 156 cm³/mol. The molecule has 0 saturated heterocycles. The smallest absolute Gasteiger partial charge is 0.225 e. The Morgan fingerprint density at radius 2 is 1.55 bits per heavy atom. The van der Waals surface area contributed by atoms with Crippen LogP contribution in [0.4, 0.5) is 11.8 Å². The van der Waals surface area contributed by atoms with Crippen molar-refractivity contribution in [1.82, 2.24) is 15.3 Å². The van der Waals surface area contributed by atoms with Crippen molar-refractivity contribution in [2.45, 2.75) is 82.4 Å². The van der Waals surface area contributed by atoms with Gasteiger partial charge in [-0.25, -0.2) is 4.98 Å².